The van der Waals surface area contributed by atoms with Crippen molar-refractivity contribution in [2.24, 2.45) is 5.92 Å². The third-order valence-corrected chi connectivity index (χ3v) is 4.00. The lowest BCUT2D eigenvalue weighted by Crippen LogP contribution is -2.34. The van der Waals surface area contributed by atoms with Crippen LogP contribution in [0.4, 0.5) is 5.13 Å². The molecule has 0 radical (unpaired) electrons. The summed E-state index contributed by atoms with van der Waals surface area (Å²) in [5.41, 5.74) is 1.25. The number of rotatable bonds is 7. The Morgan fingerprint density at radius 2 is 1.94 bits per heavy atom. The van der Waals surface area contributed by atoms with Gasteiger partial charge in [0.25, 0.3) is 0 Å². The fourth-order valence-electron chi connectivity index (χ4n) is 1.97. The van der Waals surface area contributed by atoms with E-state index in [9.17, 15) is 0 Å². The van der Waals surface area contributed by atoms with Gasteiger partial charge in [0.2, 0.25) is 0 Å². The van der Waals surface area contributed by atoms with Crippen LogP contribution in [-0.2, 0) is 13.0 Å². The molecule has 0 amide bonds. The van der Waals surface area contributed by atoms with Crippen molar-refractivity contribution in [1.82, 2.24) is 10.3 Å². The summed E-state index contributed by atoms with van der Waals surface area (Å²) in [6.45, 7) is 13.2. The van der Waals surface area contributed by atoms with Crippen molar-refractivity contribution in [3.63, 3.8) is 0 Å². The molecular formula is C14H27N3S. The van der Waals surface area contributed by atoms with Crippen LogP contribution in [0.15, 0.2) is 0 Å². The molecule has 0 aromatic carbocycles. The number of anilines is 1. The van der Waals surface area contributed by atoms with E-state index in [1.54, 1.807) is 0 Å². The van der Waals surface area contributed by atoms with Crippen molar-refractivity contribution in [1.29, 1.82) is 0 Å². The number of nitrogens with zero attached hydrogens (tertiary/aromatic N) is 2. The van der Waals surface area contributed by atoms with E-state index >= 15 is 0 Å². The van der Waals surface area contributed by atoms with Crippen LogP contribution in [0.5, 0.6) is 0 Å². The first-order chi connectivity index (χ1) is 8.49. The molecule has 3 nitrogen and oxygen atoms in total. The van der Waals surface area contributed by atoms with Gasteiger partial charge < -0.3 is 10.2 Å². The van der Waals surface area contributed by atoms with Gasteiger partial charge in [-0.15, -0.1) is 11.3 Å². The highest BCUT2D eigenvalue weighted by Gasteiger charge is 2.18. The van der Waals surface area contributed by atoms with Gasteiger partial charge in [-0.25, -0.2) is 4.98 Å². The molecule has 0 aliphatic rings. The molecule has 1 N–H and O–H groups in total. The van der Waals surface area contributed by atoms with Crippen molar-refractivity contribution in [3.8, 4) is 0 Å². The van der Waals surface area contributed by atoms with E-state index in [1.165, 1.54) is 15.7 Å². The number of hydrogen-bond acceptors (Lipinski definition) is 4. The van der Waals surface area contributed by atoms with Crippen molar-refractivity contribution < 1.29 is 0 Å². The molecule has 1 heterocycles. The maximum Gasteiger partial charge on any atom is 0.186 e. The molecule has 18 heavy (non-hydrogen) atoms. The van der Waals surface area contributed by atoms with E-state index < -0.39 is 0 Å². The van der Waals surface area contributed by atoms with Crippen LogP contribution in [0.25, 0.3) is 0 Å². The highest BCUT2D eigenvalue weighted by molar-refractivity contribution is 7.15. The number of thiazole rings is 1. The van der Waals surface area contributed by atoms with E-state index in [0.29, 0.717) is 12.0 Å². The summed E-state index contributed by atoms with van der Waals surface area (Å²) >= 11 is 1.84. The Kier molecular flexibility index (Phi) is 6.09. The van der Waals surface area contributed by atoms with Crippen LogP contribution < -0.4 is 10.2 Å². The Morgan fingerprint density at radius 3 is 2.39 bits per heavy atom. The van der Waals surface area contributed by atoms with Crippen LogP contribution in [0.2, 0.25) is 0 Å². The molecule has 0 bridgehead atoms. The first kappa shape index (κ1) is 15.4. The summed E-state index contributed by atoms with van der Waals surface area (Å²) in [6.07, 6.45) is 1.02. The maximum atomic E-state index is 4.83. The first-order valence-electron chi connectivity index (χ1n) is 6.89. The van der Waals surface area contributed by atoms with E-state index in [4.69, 9.17) is 4.98 Å². The van der Waals surface area contributed by atoms with E-state index in [1.807, 2.05) is 18.4 Å². The molecule has 1 aromatic heterocycles. The van der Waals surface area contributed by atoms with Crippen LogP contribution in [0.3, 0.4) is 0 Å². The molecule has 0 atom stereocenters. The Bertz CT molecular complexity index is 358. The molecule has 0 saturated heterocycles. The van der Waals surface area contributed by atoms with Crippen LogP contribution >= 0.6 is 11.3 Å². The summed E-state index contributed by atoms with van der Waals surface area (Å²) in [5.74, 6) is 0.661. The normalized spacial score (nSPS) is 11.6. The predicted octanol–water partition coefficient (Wildman–Crippen LogP) is 3.30. The molecular weight excluding hydrogens is 242 g/mol. The van der Waals surface area contributed by atoms with Crippen LogP contribution in [-0.4, -0.2) is 24.6 Å². The molecule has 0 unspecified atom stereocenters. The summed E-state index contributed by atoms with van der Waals surface area (Å²) in [4.78, 5) is 8.63. The van der Waals surface area contributed by atoms with Gasteiger partial charge in [0.1, 0.15) is 0 Å². The average molecular weight is 269 g/mol. The summed E-state index contributed by atoms with van der Waals surface area (Å²) in [6, 6.07) is 0.505. The molecule has 0 aliphatic carbocycles. The second-order valence-electron chi connectivity index (χ2n) is 5.39. The minimum atomic E-state index is 0.505. The lowest BCUT2D eigenvalue weighted by Gasteiger charge is -2.27. The van der Waals surface area contributed by atoms with Gasteiger partial charge in [-0.1, -0.05) is 20.8 Å². The van der Waals surface area contributed by atoms with E-state index in [2.05, 4.69) is 44.8 Å². The molecule has 0 aliphatic heterocycles. The van der Waals surface area contributed by atoms with Gasteiger partial charge >= 0.3 is 0 Å². The summed E-state index contributed by atoms with van der Waals surface area (Å²) < 4.78 is 0. The number of aryl methyl sites for hydroxylation is 1. The van der Waals surface area contributed by atoms with Crippen LogP contribution in [0, 0.1) is 5.92 Å². The van der Waals surface area contributed by atoms with Gasteiger partial charge in [0.05, 0.1) is 5.69 Å². The van der Waals surface area contributed by atoms with Crippen molar-refractivity contribution >= 4 is 16.5 Å². The Labute approximate surface area is 116 Å². The van der Waals surface area contributed by atoms with Crippen LogP contribution in [0.1, 0.15) is 45.2 Å². The average Bonchev–Trinajstić information content (AvgIpc) is 2.69. The van der Waals surface area contributed by atoms with Gasteiger partial charge in [-0.05, 0) is 33.2 Å². The monoisotopic (exact) mass is 269 g/mol. The van der Waals surface area contributed by atoms with Gasteiger partial charge in [0.15, 0.2) is 5.13 Å². The van der Waals surface area contributed by atoms with Crippen molar-refractivity contribution in [2.45, 2.75) is 53.6 Å². The number of aromatic nitrogens is 1. The maximum absolute atomic E-state index is 4.83. The zero-order chi connectivity index (χ0) is 13.7. The number of hydrogen-bond donors (Lipinski definition) is 1. The lowest BCUT2D eigenvalue weighted by atomic mass is 10.2. The lowest BCUT2D eigenvalue weighted by molar-refractivity contribution is 0.569. The molecule has 0 fully saturated rings. The SMILES string of the molecule is CCc1nc(N(CC(C)C)C(C)C)sc1CNC. The molecule has 4 heteroatoms. The Morgan fingerprint density at radius 1 is 1.28 bits per heavy atom. The van der Waals surface area contributed by atoms with Gasteiger partial charge in [-0.3, -0.25) is 0 Å². The zero-order valence-corrected chi connectivity index (χ0v) is 13.4. The Hall–Kier alpha value is -0.610. The largest absolute Gasteiger partial charge is 0.345 e. The first-order valence-corrected chi connectivity index (χ1v) is 7.71. The topological polar surface area (TPSA) is 28.2 Å². The number of nitrogens with one attached hydrogen (secondary N) is 1. The second kappa shape index (κ2) is 7.10. The minimum Gasteiger partial charge on any atom is -0.345 e. The molecule has 0 spiro atoms. The fourth-order valence-corrected chi connectivity index (χ4v) is 3.27. The highest BCUT2D eigenvalue weighted by Crippen LogP contribution is 2.28. The smallest absolute Gasteiger partial charge is 0.186 e. The van der Waals surface area contributed by atoms with E-state index in [-0.39, 0.29) is 0 Å². The molecule has 1 rings (SSSR count). The quantitative estimate of drug-likeness (QED) is 0.823. The molecule has 0 saturated carbocycles. The standard InChI is InChI=1S/C14H27N3S/c1-7-12-13(8-15-6)18-14(16-12)17(11(4)5)9-10(2)3/h10-11,15H,7-9H2,1-6H3. The van der Waals surface area contributed by atoms with E-state index in [0.717, 1.165) is 19.5 Å². The summed E-state index contributed by atoms with van der Waals surface area (Å²) in [7, 11) is 1.99. The summed E-state index contributed by atoms with van der Waals surface area (Å²) in [5, 5.41) is 4.41. The van der Waals surface area contributed by atoms with Crippen molar-refractivity contribution in [2.75, 3.05) is 18.5 Å². The van der Waals surface area contributed by atoms with Crippen molar-refractivity contribution in [3.05, 3.63) is 10.6 Å². The Balaban J connectivity index is 2.97. The predicted molar refractivity (Wildman–Crippen MR) is 81.6 cm³/mol. The molecule has 104 valence electrons. The van der Waals surface area contributed by atoms with Gasteiger partial charge in [-0.2, -0.15) is 0 Å². The van der Waals surface area contributed by atoms with Gasteiger partial charge in [0, 0.05) is 24.0 Å². The zero-order valence-electron chi connectivity index (χ0n) is 12.6. The fraction of sp³-hybridized carbons (Fsp3) is 0.786. The highest BCUT2D eigenvalue weighted by atomic mass is 32.1. The third kappa shape index (κ3) is 3.95. The third-order valence-electron chi connectivity index (χ3n) is 2.87. The minimum absolute atomic E-state index is 0.505. The molecule has 1 aromatic rings. The second-order valence-corrected chi connectivity index (χ2v) is 6.45.